The molecule has 0 N–H and O–H groups in total. The molecule has 3 nitrogen and oxygen atoms in total. The lowest BCUT2D eigenvalue weighted by Gasteiger charge is -2.02. The molecule has 0 amide bonds. The van der Waals surface area contributed by atoms with Crippen LogP contribution in [0.4, 0.5) is 0 Å². The zero-order valence-corrected chi connectivity index (χ0v) is 10.1. The van der Waals surface area contributed by atoms with Gasteiger partial charge in [-0.1, -0.05) is 0 Å². The summed E-state index contributed by atoms with van der Waals surface area (Å²) in [6.07, 6.45) is 0. The van der Waals surface area contributed by atoms with Crippen LogP contribution in [0.3, 0.4) is 0 Å². The van der Waals surface area contributed by atoms with Gasteiger partial charge >= 0.3 is 0 Å². The molecule has 15 heavy (non-hydrogen) atoms. The van der Waals surface area contributed by atoms with Crippen molar-refractivity contribution in [2.24, 2.45) is 0 Å². The normalized spacial score (nSPS) is 10.6. The quantitative estimate of drug-likeness (QED) is 0.553. The van der Waals surface area contributed by atoms with Crippen molar-refractivity contribution in [3.05, 3.63) is 21.4 Å². The van der Waals surface area contributed by atoms with Crippen LogP contribution in [-0.2, 0) is 9.47 Å². The number of hydrogen-bond acceptors (Lipinski definition) is 4. The van der Waals surface area contributed by atoms with E-state index < -0.39 is 0 Å². The lowest BCUT2D eigenvalue weighted by Crippen LogP contribution is -2.12. The molecule has 0 radical (unpaired) electrons. The van der Waals surface area contributed by atoms with Crippen LogP contribution >= 0.6 is 11.3 Å². The summed E-state index contributed by atoms with van der Waals surface area (Å²) in [7, 11) is 1.61. The first kappa shape index (κ1) is 12.4. The Bertz CT molecular complexity index is 331. The van der Waals surface area contributed by atoms with E-state index >= 15 is 0 Å². The summed E-state index contributed by atoms with van der Waals surface area (Å²) in [4.78, 5) is 13.9. The molecule has 1 rings (SSSR count). The van der Waals surface area contributed by atoms with Crippen molar-refractivity contribution >= 4 is 17.1 Å². The summed E-state index contributed by atoms with van der Waals surface area (Å²) in [6.45, 7) is 5.08. The van der Waals surface area contributed by atoms with Gasteiger partial charge in [-0.25, -0.2) is 0 Å². The van der Waals surface area contributed by atoms with Crippen LogP contribution in [0, 0.1) is 13.8 Å². The third-order valence-electron chi connectivity index (χ3n) is 2.01. The highest BCUT2D eigenvalue weighted by molar-refractivity contribution is 7.12. The Balaban J connectivity index is 2.43. The second-order valence-electron chi connectivity index (χ2n) is 3.30. The molecule has 0 fully saturated rings. The van der Waals surface area contributed by atoms with Crippen LogP contribution in [-0.4, -0.2) is 32.7 Å². The van der Waals surface area contributed by atoms with Crippen molar-refractivity contribution in [3.63, 3.8) is 0 Å². The Morgan fingerprint density at radius 2 is 2.13 bits per heavy atom. The standard InChI is InChI=1S/C11H16O3S/c1-8-6-10(9(2)15-8)11(12)7-14-5-4-13-3/h6H,4-5,7H2,1-3H3. The monoisotopic (exact) mass is 228 g/mol. The van der Waals surface area contributed by atoms with Gasteiger partial charge in [0.1, 0.15) is 6.61 Å². The highest BCUT2D eigenvalue weighted by Crippen LogP contribution is 2.20. The molecule has 84 valence electrons. The molecular formula is C11H16O3S. The molecule has 1 heterocycles. The molecular weight excluding hydrogens is 212 g/mol. The summed E-state index contributed by atoms with van der Waals surface area (Å²) in [6, 6.07) is 1.92. The number of ketones is 1. The number of ether oxygens (including phenoxy) is 2. The molecule has 0 saturated heterocycles. The Labute approximate surface area is 94.0 Å². The number of thiophene rings is 1. The molecule has 0 bridgehead atoms. The van der Waals surface area contributed by atoms with E-state index in [-0.39, 0.29) is 12.4 Å². The maximum atomic E-state index is 11.7. The van der Waals surface area contributed by atoms with Crippen LogP contribution in [0.25, 0.3) is 0 Å². The molecule has 0 atom stereocenters. The minimum atomic E-state index is 0.0490. The first-order chi connectivity index (χ1) is 7.15. The summed E-state index contributed by atoms with van der Waals surface area (Å²) in [5, 5.41) is 0. The molecule has 1 aromatic heterocycles. The van der Waals surface area contributed by atoms with E-state index in [1.807, 2.05) is 19.9 Å². The van der Waals surface area contributed by atoms with Gasteiger partial charge in [0.15, 0.2) is 5.78 Å². The Kier molecular flexibility index (Phi) is 4.94. The van der Waals surface area contributed by atoms with Crippen LogP contribution < -0.4 is 0 Å². The highest BCUT2D eigenvalue weighted by atomic mass is 32.1. The molecule has 0 spiro atoms. The van der Waals surface area contributed by atoms with Gasteiger partial charge in [0, 0.05) is 22.4 Å². The first-order valence-electron chi connectivity index (χ1n) is 4.82. The van der Waals surface area contributed by atoms with Gasteiger partial charge in [0.05, 0.1) is 13.2 Å². The van der Waals surface area contributed by atoms with Gasteiger partial charge < -0.3 is 9.47 Å². The number of hydrogen-bond donors (Lipinski definition) is 0. The summed E-state index contributed by atoms with van der Waals surface area (Å²) < 4.78 is 10.0. The van der Waals surface area contributed by atoms with Crippen molar-refractivity contribution in [1.29, 1.82) is 0 Å². The number of carbonyl (C=O) groups excluding carboxylic acids is 1. The fraction of sp³-hybridized carbons (Fsp3) is 0.545. The SMILES string of the molecule is COCCOCC(=O)c1cc(C)sc1C. The van der Waals surface area contributed by atoms with Crippen molar-refractivity contribution in [2.75, 3.05) is 26.9 Å². The average Bonchev–Trinajstić information content (AvgIpc) is 2.52. The predicted octanol–water partition coefficient (Wildman–Crippen LogP) is 2.21. The Morgan fingerprint density at radius 3 is 2.67 bits per heavy atom. The van der Waals surface area contributed by atoms with Crippen molar-refractivity contribution in [2.45, 2.75) is 13.8 Å². The average molecular weight is 228 g/mol. The number of carbonyl (C=O) groups is 1. The topological polar surface area (TPSA) is 35.5 Å². The van der Waals surface area contributed by atoms with Gasteiger partial charge in [-0.15, -0.1) is 11.3 Å². The Morgan fingerprint density at radius 1 is 1.40 bits per heavy atom. The van der Waals surface area contributed by atoms with E-state index in [1.165, 1.54) is 0 Å². The maximum absolute atomic E-state index is 11.7. The van der Waals surface area contributed by atoms with Crippen LogP contribution in [0.1, 0.15) is 20.1 Å². The zero-order valence-electron chi connectivity index (χ0n) is 9.33. The van der Waals surface area contributed by atoms with Gasteiger partial charge in [-0.05, 0) is 19.9 Å². The smallest absolute Gasteiger partial charge is 0.189 e. The molecule has 0 aromatic carbocycles. The largest absolute Gasteiger partial charge is 0.382 e. The van der Waals surface area contributed by atoms with Gasteiger partial charge in [0.25, 0.3) is 0 Å². The molecule has 0 aliphatic heterocycles. The molecule has 0 aliphatic rings. The van der Waals surface area contributed by atoms with Crippen LogP contribution in [0.2, 0.25) is 0 Å². The molecule has 4 heteroatoms. The van der Waals surface area contributed by atoms with E-state index in [1.54, 1.807) is 18.4 Å². The Hall–Kier alpha value is -0.710. The zero-order chi connectivity index (χ0) is 11.3. The summed E-state index contributed by atoms with van der Waals surface area (Å²) in [5.74, 6) is 0.0490. The van der Waals surface area contributed by atoms with Crippen molar-refractivity contribution in [3.8, 4) is 0 Å². The van der Waals surface area contributed by atoms with E-state index in [0.717, 1.165) is 15.3 Å². The fourth-order valence-corrected chi connectivity index (χ4v) is 2.23. The second kappa shape index (κ2) is 6.00. The van der Waals surface area contributed by atoms with Crippen LogP contribution in [0.5, 0.6) is 0 Å². The minimum absolute atomic E-state index is 0.0490. The lowest BCUT2D eigenvalue weighted by molar-refractivity contribution is 0.0576. The number of methoxy groups -OCH3 is 1. The number of rotatable bonds is 6. The number of aryl methyl sites for hydroxylation is 2. The van der Waals surface area contributed by atoms with E-state index in [9.17, 15) is 4.79 Å². The van der Waals surface area contributed by atoms with E-state index in [0.29, 0.717) is 13.2 Å². The highest BCUT2D eigenvalue weighted by Gasteiger charge is 2.11. The third kappa shape index (κ3) is 3.74. The van der Waals surface area contributed by atoms with Gasteiger partial charge in [-0.3, -0.25) is 4.79 Å². The fourth-order valence-electron chi connectivity index (χ4n) is 1.29. The summed E-state index contributed by atoms with van der Waals surface area (Å²) >= 11 is 1.64. The van der Waals surface area contributed by atoms with Crippen LogP contribution in [0.15, 0.2) is 6.07 Å². The number of Topliss-reactive ketones (excluding diaryl/α,β-unsaturated/α-hetero) is 1. The molecule has 1 aromatic rings. The minimum Gasteiger partial charge on any atom is -0.382 e. The van der Waals surface area contributed by atoms with Crippen molar-refractivity contribution < 1.29 is 14.3 Å². The molecule has 0 aliphatic carbocycles. The van der Waals surface area contributed by atoms with Gasteiger partial charge in [-0.2, -0.15) is 0 Å². The second-order valence-corrected chi connectivity index (χ2v) is 4.76. The summed E-state index contributed by atoms with van der Waals surface area (Å²) in [5.41, 5.74) is 0.787. The predicted molar refractivity (Wildman–Crippen MR) is 60.8 cm³/mol. The molecule has 0 saturated carbocycles. The van der Waals surface area contributed by atoms with Crippen molar-refractivity contribution in [1.82, 2.24) is 0 Å². The molecule has 0 unspecified atom stereocenters. The maximum Gasteiger partial charge on any atom is 0.189 e. The van der Waals surface area contributed by atoms with E-state index in [4.69, 9.17) is 9.47 Å². The first-order valence-corrected chi connectivity index (χ1v) is 5.63. The third-order valence-corrected chi connectivity index (χ3v) is 2.97. The van der Waals surface area contributed by atoms with E-state index in [2.05, 4.69) is 0 Å². The lowest BCUT2D eigenvalue weighted by atomic mass is 10.2. The van der Waals surface area contributed by atoms with Gasteiger partial charge in [0.2, 0.25) is 0 Å².